The standard InChI is InChI=1S/C14H14ClN3O3/c1-21-12-3-2-10(15)8-11(12)14(20)17-6-7-18-9-16-5-4-13(18)19/h2-5,8-9H,6-7H2,1H3,(H,17,20). The first-order chi connectivity index (χ1) is 10.1. The average Bonchev–Trinajstić information content (AvgIpc) is 2.49. The number of ether oxygens (including phenoxy) is 1. The Morgan fingerprint density at radius 3 is 2.95 bits per heavy atom. The highest BCUT2D eigenvalue weighted by Crippen LogP contribution is 2.22. The number of methoxy groups -OCH3 is 1. The molecule has 1 heterocycles. The summed E-state index contributed by atoms with van der Waals surface area (Å²) in [4.78, 5) is 27.4. The Labute approximate surface area is 126 Å². The lowest BCUT2D eigenvalue weighted by atomic mass is 10.2. The van der Waals surface area contributed by atoms with Crippen molar-refractivity contribution in [3.8, 4) is 5.75 Å². The van der Waals surface area contributed by atoms with Gasteiger partial charge in [-0.15, -0.1) is 0 Å². The molecule has 6 nitrogen and oxygen atoms in total. The van der Waals surface area contributed by atoms with E-state index in [4.69, 9.17) is 16.3 Å². The van der Waals surface area contributed by atoms with Crippen molar-refractivity contribution in [2.45, 2.75) is 6.54 Å². The molecule has 0 aliphatic carbocycles. The summed E-state index contributed by atoms with van der Waals surface area (Å²) in [5, 5.41) is 3.16. The third-order valence-corrected chi connectivity index (χ3v) is 3.07. The molecular weight excluding hydrogens is 294 g/mol. The number of benzene rings is 1. The topological polar surface area (TPSA) is 73.2 Å². The Balaban J connectivity index is 2.01. The minimum atomic E-state index is -0.314. The second-order valence-corrected chi connectivity index (χ2v) is 4.65. The largest absolute Gasteiger partial charge is 0.496 e. The van der Waals surface area contributed by atoms with Gasteiger partial charge in [0.1, 0.15) is 5.75 Å². The van der Waals surface area contributed by atoms with Crippen molar-refractivity contribution < 1.29 is 9.53 Å². The monoisotopic (exact) mass is 307 g/mol. The number of amides is 1. The van der Waals surface area contributed by atoms with E-state index in [0.717, 1.165) is 0 Å². The van der Waals surface area contributed by atoms with Crippen LogP contribution < -0.4 is 15.6 Å². The number of hydrogen-bond acceptors (Lipinski definition) is 4. The number of rotatable bonds is 5. The summed E-state index contributed by atoms with van der Waals surface area (Å²) in [5.41, 5.74) is 0.183. The van der Waals surface area contributed by atoms with E-state index in [1.165, 1.54) is 36.3 Å². The molecule has 0 saturated heterocycles. The quantitative estimate of drug-likeness (QED) is 0.904. The second-order valence-electron chi connectivity index (χ2n) is 4.21. The lowest BCUT2D eigenvalue weighted by Crippen LogP contribution is -2.30. The molecule has 7 heteroatoms. The molecule has 110 valence electrons. The summed E-state index contributed by atoms with van der Waals surface area (Å²) in [6, 6.07) is 6.17. The molecule has 21 heavy (non-hydrogen) atoms. The van der Waals surface area contributed by atoms with Crippen LogP contribution in [0.15, 0.2) is 41.6 Å². The minimum Gasteiger partial charge on any atom is -0.496 e. The van der Waals surface area contributed by atoms with E-state index < -0.39 is 0 Å². The van der Waals surface area contributed by atoms with Gasteiger partial charge in [0, 0.05) is 30.4 Å². The van der Waals surface area contributed by atoms with Gasteiger partial charge in [0.2, 0.25) is 0 Å². The van der Waals surface area contributed by atoms with Gasteiger partial charge in [-0.25, -0.2) is 4.98 Å². The Morgan fingerprint density at radius 1 is 1.43 bits per heavy atom. The number of hydrogen-bond donors (Lipinski definition) is 1. The zero-order valence-corrected chi connectivity index (χ0v) is 12.1. The van der Waals surface area contributed by atoms with Crippen LogP contribution in [0.5, 0.6) is 5.75 Å². The van der Waals surface area contributed by atoms with Gasteiger partial charge >= 0.3 is 0 Å². The molecule has 0 saturated carbocycles. The van der Waals surface area contributed by atoms with Gasteiger partial charge < -0.3 is 10.1 Å². The van der Waals surface area contributed by atoms with Crippen LogP contribution in [-0.2, 0) is 6.54 Å². The predicted octanol–water partition coefficient (Wildman–Crippen LogP) is 1.34. The van der Waals surface area contributed by atoms with E-state index in [1.54, 1.807) is 12.1 Å². The predicted molar refractivity (Wildman–Crippen MR) is 78.8 cm³/mol. The Bertz CT molecular complexity index is 700. The molecule has 1 aromatic carbocycles. The third kappa shape index (κ3) is 3.82. The SMILES string of the molecule is COc1ccc(Cl)cc1C(=O)NCCn1cnccc1=O. The molecule has 0 bridgehead atoms. The van der Waals surface area contributed by atoms with Crippen molar-refractivity contribution in [2.24, 2.45) is 0 Å². The maximum absolute atomic E-state index is 12.1. The minimum absolute atomic E-state index is 0.167. The zero-order chi connectivity index (χ0) is 15.2. The average molecular weight is 308 g/mol. The zero-order valence-electron chi connectivity index (χ0n) is 11.4. The van der Waals surface area contributed by atoms with Gasteiger partial charge in [0.05, 0.1) is 19.0 Å². The van der Waals surface area contributed by atoms with Gasteiger partial charge in [-0.05, 0) is 18.2 Å². The van der Waals surface area contributed by atoms with Crippen molar-refractivity contribution in [2.75, 3.05) is 13.7 Å². The smallest absolute Gasteiger partial charge is 0.255 e. The summed E-state index contributed by atoms with van der Waals surface area (Å²) in [5.74, 6) is 0.127. The molecule has 1 aromatic heterocycles. The summed E-state index contributed by atoms with van der Waals surface area (Å²) >= 11 is 5.88. The highest BCUT2D eigenvalue weighted by atomic mass is 35.5. The van der Waals surface area contributed by atoms with E-state index in [0.29, 0.717) is 29.4 Å². The van der Waals surface area contributed by atoms with Gasteiger partial charge in [-0.2, -0.15) is 0 Å². The molecule has 1 N–H and O–H groups in total. The van der Waals surface area contributed by atoms with Crippen molar-refractivity contribution in [1.29, 1.82) is 0 Å². The molecular formula is C14H14ClN3O3. The molecule has 0 aliphatic rings. The number of carbonyl (C=O) groups excluding carboxylic acids is 1. The van der Waals surface area contributed by atoms with Crippen LogP contribution in [0.4, 0.5) is 0 Å². The summed E-state index contributed by atoms with van der Waals surface area (Å²) in [7, 11) is 1.48. The number of nitrogens with one attached hydrogen (secondary N) is 1. The molecule has 2 rings (SSSR count). The van der Waals surface area contributed by atoms with Crippen LogP contribution in [-0.4, -0.2) is 29.1 Å². The summed E-state index contributed by atoms with van der Waals surface area (Å²) < 4.78 is 6.53. The molecule has 0 radical (unpaired) electrons. The van der Waals surface area contributed by atoms with Gasteiger partial charge in [0.15, 0.2) is 0 Å². The van der Waals surface area contributed by atoms with Gasteiger partial charge in [0.25, 0.3) is 11.5 Å². The Hall–Kier alpha value is -2.34. The summed E-state index contributed by atoms with van der Waals surface area (Å²) in [6.45, 7) is 0.626. The first-order valence-corrected chi connectivity index (χ1v) is 6.62. The fourth-order valence-electron chi connectivity index (χ4n) is 1.79. The van der Waals surface area contributed by atoms with Crippen LogP contribution in [0.3, 0.4) is 0 Å². The highest BCUT2D eigenvalue weighted by Gasteiger charge is 2.12. The molecule has 0 unspecified atom stereocenters. The lowest BCUT2D eigenvalue weighted by molar-refractivity contribution is 0.0949. The van der Waals surface area contributed by atoms with E-state index >= 15 is 0 Å². The maximum atomic E-state index is 12.1. The van der Waals surface area contributed by atoms with Gasteiger partial charge in [-0.3, -0.25) is 14.2 Å². The normalized spacial score (nSPS) is 10.2. The molecule has 0 aliphatic heterocycles. The number of halogens is 1. The van der Waals surface area contributed by atoms with Crippen molar-refractivity contribution in [3.05, 3.63) is 57.7 Å². The lowest BCUT2D eigenvalue weighted by Gasteiger charge is -2.10. The first-order valence-electron chi connectivity index (χ1n) is 6.24. The first kappa shape index (κ1) is 15.1. The van der Waals surface area contributed by atoms with E-state index in [9.17, 15) is 9.59 Å². The van der Waals surface area contributed by atoms with Gasteiger partial charge in [-0.1, -0.05) is 11.6 Å². The van der Waals surface area contributed by atoms with Crippen LogP contribution in [0, 0.1) is 0 Å². The molecule has 2 aromatic rings. The van der Waals surface area contributed by atoms with E-state index in [-0.39, 0.29) is 11.5 Å². The van der Waals surface area contributed by atoms with Crippen LogP contribution >= 0.6 is 11.6 Å². The fraction of sp³-hybridized carbons (Fsp3) is 0.214. The molecule has 0 atom stereocenters. The van der Waals surface area contributed by atoms with E-state index in [2.05, 4.69) is 10.3 Å². The van der Waals surface area contributed by atoms with Crippen LogP contribution in [0.2, 0.25) is 5.02 Å². The highest BCUT2D eigenvalue weighted by molar-refractivity contribution is 6.31. The van der Waals surface area contributed by atoms with Crippen molar-refractivity contribution in [1.82, 2.24) is 14.9 Å². The number of carbonyl (C=O) groups is 1. The fourth-order valence-corrected chi connectivity index (χ4v) is 1.96. The van der Waals surface area contributed by atoms with Crippen LogP contribution in [0.1, 0.15) is 10.4 Å². The Morgan fingerprint density at radius 2 is 2.24 bits per heavy atom. The van der Waals surface area contributed by atoms with E-state index in [1.807, 2.05) is 0 Å². The number of nitrogens with zero attached hydrogens (tertiary/aromatic N) is 2. The second kappa shape index (κ2) is 6.90. The maximum Gasteiger partial charge on any atom is 0.255 e. The Kier molecular flexibility index (Phi) is 4.94. The number of aromatic nitrogens is 2. The third-order valence-electron chi connectivity index (χ3n) is 2.84. The molecule has 0 fully saturated rings. The summed E-state index contributed by atoms with van der Waals surface area (Å²) in [6.07, 6.45) is 2.85. The molecule has 1 amide bonds. The molecule has 0 spiro atoms. The van der Waals surface area contributed by atoms with Crippen molar-refractivity contribution >= 4 is 17.5 Å². The van der Waals surface area contributed by atoms with Crippen LogP contribution in [0.25, 0.3) is 0 Å². The van der Waals surface area contributed by atoms with Crippen molar-refractivity contribution in [3.63, 3.8) is 0 Å².